The van der Waals surface area contributed by atoms with Gasteiger partial charge in [0.2, 0.25) is 11.8 Å². The van der Waals surface area contributed by atoms with Crippen molar-refractivity contribution < 1.29 is 18.3 Å². The van der Waals surface area contributed by atoms with Crippen molar-refractivity contribution in [2.45, 2.75) is 34.1 Å². The molecule has 1 N–H and O–H groups in total. The molecular formula is C25H23F2N5O2. The molecular weight excluding hydrogens is 440 g/mol. The topological polar surface area (TPSA) is 81.9 Å². The molecule has 0 spiro atoms. The Morgan fingerprint density at radius 2 is 1.74 bits per heavy atom. The summed E-state index contributed by atoms with van der Waals surface area (Å²) in [5.41, 5.74) is 3.64. The van der Waals surface area contributed by atoms with Crippen LogP contribution in [0.3, 0.4) is 0 Å². The van der Waals surface area contributed by atoms with Crippen LogP contribution in [0.5, 0.6) is 11.6 Å². The number of hydrogen-bond acceptors (Lipinski definition) is 5. The Morgan fingerprint density at radius 1 is 1.00 bits per heavy atom. The molecule has 0 saturated carbocycles. The molecule has 0 bridgehead atoms. The molecule has 0 aliphatic carbocycles. The van der Waals surface area contributed by atoms with Crippen LogP contribution >= 0.6 is 0 Å². The fourth-order valence-corrected chi connectivity index (χ4v) is 3.40. The summed E-state index contributed by atoms with van der Waals surface area (Å²) in [4.78, 5) is 21.0. The Morgan fingerprint density at radius 3 is 2.38 bits per heavy atom. The van der Waals surface area contributed by atoms with Gasteiger partial charge in [0.1, 0.15) is 23.2 Å². The second kappa shape index (κ2) is 9.38. The molecule has 0 fully saturated rings. The average Bonchev–Trinajstić information content (AvgIpc) is 3.04. The van der Waals surface area contributed by atoms with Gasteiger partial charge >= 0.3 is 0 Å². The summed E-state index contributed by atoms with van der Waals surface area (Å²) in [6, 6.07) is 11.5. The van der Waals surface area contributed by atoms with Crippen molar-refractivity contribution in [2.75, 3.05) is 5.32 Å². The quantitative estimate of drug-likeness (QED) is 0.428. The number of rotatable bonds is 6. The number of aromatic nitrogens is 4. The Bertz CT molecular complexity index is 1370. The number of anilines is 1. The lowest BCUT2D eigenvalue weighted by molar-refractivity contribution is -0.115. The van der Waals surface area contributed by atoms with Gasteiger partial charge in [0, 0.05) is 23.5 Å². The first kappa shape index (κ1) is 23.0. The summed E-state index contributed by atoms with van der Waals surface area (Å²) in [5.74, 6) is 0.146. The maximum atomic E-state index is 13.8. The van der Waals surface area contributed by atoms with Crippen LogP contribution in [0.1, 0.15) is 28.3 Å². The summed E-state index contributed by atoms with van der Waals surface area (Å²) in [6.07, 6.45) is -0.209. The minimum Gasteiger partial charge on any atom is -0.439 e. The van der Waals surface area contributed by atoms with Crippen LogP contribution in [0.2, 0.25) is 0 Å². The third kappa shape index (κ3) is 5.09. The zero-order valence-electron chi connectivity index (χ0n) is 19.2. The van der Waals surface area contributed by atoms with E-state index in [9.17, 15) is 13.6 Å². The van der Waals surface area contributed by atoms with Crippen molar-refractivity contribution in [2.24, 2.45) is 0 Å². The predicted octanol–water partition coefficient (Wildman–Crippen LogP) is 5.15. The molecule has 2 aromatic heterocycles. The minimum atomic E-state index is -0.756. The highest BCUT2D eigenvalue weighted by molar-refractivity contribution is 5.92. The van der Waals surface area contributed by atoms with E-state index in [1.165, 1.54) is 6.07 Å². The number of carbonyl (C=O) groups excluding carboxylic acids is 1. The minimum absolute atomic E-state index is 0.117. The van der Waals surface area contributed by atoms with E-state index in [2.05, 4.69) is 20.4 Å². The first-order chi connectivity index (χ1) is 16.2. The monoisotopic (exact) mass is 463 g/mol. The van der Waals surface area contributed by atoms with Crippen molar-refractivity contribution in [1.82, 2.24) is 19.7 Å². The van der Waals surface area contributed by atoms with Crippen LogP contribution in [-0.4, -0.2) is 25.7 Å². The summed E-state index contributed by atoms with van der Waals surface area (Å²) in [5, 5.41) is 7.22. The molecule has 2 aromatic carbocycles. The van der Waals surface area contributed by atoms with Gasteiger partial charge in [0.25, 0.3) is 0 Å². The second-order valence-corrected chi connectivity index (χ2v) is 7.91. The molecule has 9 heteroatoms. The zero-order chi connectivity index (χ0) is 24.4. The molecule has 0 aliphatic rings. The van der Waals surface area contributed by atoms with Crippen molar-refractivity contribution >= 4 is 11.6 Å². The Hall–Kier alpha value is -4.14. The molecule has 0 unspecified atom stereocenters. The maximum Gasteiger partial charge on any atom is 0.228 e. The molecule has 0 aliphatic heterocycles. The summed E-state index contributed by atoms with van der Waals surface area (Å²) < 4.78 is 34.4. The highest BCUT2D eigenvalue weighted by Gasteiger charge is 2.13. The van der Waals surface area contributed by atoms with Gasteiger partial charge in [-0.1, -0.05) is 6.07 Å². The Kier molecular flexibility index (Phi) is 6.36. The standard InChI is InChI=1S/C25H23F2N5O2/c1-14-15(2)31-32(16(14)3)23-13-25(29-17(4)28-23)34-21-9-7-20(8-10-21)30-24(33)11-18-5-6-19(26)12-22(18)27/h5-10,12-13H,11H2,1-4H3,(H,30,33). The Labute approximate surface area is 195 Å². The van der Waals surface area contributed by atoms with Crippen molar-refractivity contribution in [3.8, 4) is 17.4 Å². The number of benzene rings is 2. The fraction of sp³-hybridized carbons (Fsp3) is 0.200. The second-order valence-electron chi connectivity index (χ2n) is 7.91. The molecule has 0 atom stereocenters. The van der Waals surface area contributed by atoms with Gasteiger partial charge in [-0.3, -0.25) is 4.79 Å². The Balaban J connectivity index is 1.45. The zero-order valence-corrected chi connectivity index (χ0v) is 19.2. The van der Waals surface area contributed by atoms with Crippen LogP contribution < -0.4 is 10.1 Å². The van der Waals surface area contributed by atoms with Crippen LogP contribution in [0.15, 0.2) is 48.5 Å². The highest BCUT2D eigenvalue weighted by atomic mass is 19.1. The van der Waals surface area contributed by atoms with E-state index in [-0.39, 0.29) is 12.0 Å². The summed E-state index contributed by atoms with van der Waals surface area (Å²) in [7, 11) is 0. The third-order valence-corrected chi connectivity index (χ3v) is 5.40. The van der Waals surface area contributed by atoms with Gasteiger partial charge in [-0.05, 0) is 69.2 Å². The number of aryl methyl sites for hydroxylation is 2. The largest absolute Gasteiger partial charge is 0.439 e. The van der Waals surface area contributed by atoms with Crippen LogP contribution in [0.25, 0.3) is 5.82 Å². The molecule has 0 saturated heterocycles. The van der Waals surface area contributed by atoms with E-state index in [1.54, 1.807) is 41.9 Å². The number of halogens is 2. The average molecular weight is 463 g/mol. The van der Waals surface area contributed by atoms with E-state index >= 15 is 0 Å². The normalized spacial score (nSPS) is 10.9. The maximum absolute atomic E-state index is 13.8. The van der Waals surface area contributed by atoms with Gasteiger partial charge in [-0.2, -0.15) is 10.1 Å². The molecule has 4 rings (SSSR count). The third-order valence-electron chi connectivity index (χ3n) is 5.40. The lowest BCUT2D eigenvalue weighted by Gasteiger charge is -2.10. The van der Waals surface area contributed by atoms with Crippen molar-refractivity contribution in [3.63, 3.8) is 0 Å². The molecule has 1 amide bonds. The lowest BCUT2D eigenvalue weighted by atomic mass is 10.1. The lowest BCUT2D eigenvalue weighted by Crippen LogP contribution is -2.15. The van der Waals surface area contributed by atoms with Gasteiger partial charge in [0.15, 0.2) is 5.82 Å². The van der Waals surface area contributed by atoms with E-state index < -0.39 is 17.5 Å². The number of ether oxygens (including phenoxy) is 1. The van der Waals surface area contributed by atoms with Crippen LogP contribution in [-0.2, 0) is 11.2 Å². The number of nitrogens with zero attached hydrogens (tertiary/aromatic N) is 4. The number of hydrogen-bond donors (Lipinski definition) is 1. The first-order valence-electron chi connectivity index (χ1n) is 10.6. The molecule has 4 aromatic rings. The predicted molar refractivity (Wildman–Crippen MR) is 123 cm³/mol. The first-order valence-corrected chi connectivity index (χ1v) is 10.6. The van der Waals surface area contributed by atoms with E-state index in [0.717, 1.165) is 29.1 Å². The summed E-state index contributed by atoms with van der Waals surface area (Å²) >= 11 is 0. The molecule has 7 nitrogen and oxygen atoms in total. The van der Waals surface area contributed by atoms with Gasteiger partial charge in [-0.25, -0.2) is 18.4 Å². The molecule has 34 heavy (non-hydrogen) atoms. The van der Waals surface area contributed by atoms with Gasteiger partial charge < -0.3 is 10.1 Å². The number of amides is 1. The smallest absolute Gasteiger partial charge is 0.228 e. The number of nitrogens with one attached hydrogen (secondary N) is 1. The highest BCUT2D eigenvalue weighted by Crippen LogP contribution is 2.24. The van der Waals surface area contributed by atoms with Gasteiger partial charge in [0.05, 0.1) is 12.1 Å². The van der Waals surface area contributed by atoms with E-state index in [0.29, 0.717) is 29.0 Å². The van der Waals surface area contributed by atoms with Crippen LogP contribution in [0.4, 0.5) is 14.5 Å². The van der Waals surface area contributed by atoms with E-state index in [1.807, 2.05) is 20.8 Å². The summed E-state index contributed by atoms with van der Waals surface area (Å²) in [6.45, 7) is 7.71. The fourth-order valence-electron chi connectivity index (χ4n) is 3.40. The van der Waals surface area contributed by atoms with E-state index in [4.69, 9.17) is 4.74 Å². The molecule has 0 radical (unpaired) electrons. The molecule has 2 heterocycles. The van der Waals surface area contributed by atoms with Gasteiger partial charge in [-0.15, -0.1) is 0 Å². The molecule has 174 valence electrons. The van der Waals surface area contributed by atoms with Crippen LogP contribution in [0, 0.1) is 39.3 Å². The van der Waals surface area contributed by atoms with Crippen molar-refractivity contribution in [1.29, 1.82) is 0 Å². The van der Waals surface area contributed by atoms with Crippen molar-refractivity contribution in [3.05, 3.63) is 88.5 Å². The number of carbonyl (C=O) groups is 1. The SMILES string of the molecule is Cc1nc(Oc2ccc(NC(=O)Cc3ccc(F)cc3F)cc2)cc(-n2nc(C)c(C)c2C)n1.